The summed E-state index contributed by atoms with van der Waals surface area (Å²) >= 11 is 0. The molecule has 1 N–H and O–H groups in total. The van der Waals surface area contributed by atoms with Crippen LogP contribution in [0.25, 0.3) is 0 Å². The van der Waals surface area contributed by atoms with Crippen LogP contribution >= 0.6 is 0 Å². The van der Waals surface area contributed by atoms with Gasteiger partial charge in [0.25, 0.3) is 0 Å². The number of benzene rings is 2. The lowest BCUT2D eigenvalue weighted by Crippen LogP contribution is -2.33. The summed E-state index contributed by atoms with van der Waals surface area (Å²) in [6, 6.07) is 14.0. The molecule has 2 aromatic carbocycles. The second-order valence-electron chi connectivity index (χ2n) is 6.77. The number of aryl methyl sites for hydroxylation is 1. The van der Waals surface area contributed by atoms with Crippen molar-refractivity contribution in [2.45, 2.75) is 26.2 Å². The number of methoxy groups -OCH3 is 2. The lowest BCUT2D eigenvalue weighted by atomic mass is 10.0. The number of rotatable bonds is 7. The van der Waals surface area contributed by atoms with Crippen LogP contribution in [0.1, 0.15) is 30.9 Å². The summed E-state index contributed by atoms with van der Waals surface area (Å²) in [5, 5.41) is 4.24. The first kappa shape index (κ1) is 19.7. The maximum absolute atomic E-state index is 12.3. The van der Waals surface area contributed by atoms with Crippen molar-refractivity contribution in [2.75, 3.05) is 32.2 Å². The van der Waals surface area contributed by atoms with E-state index in [1.165, 1.54) is 11.3 Å². The zero-order valence-electron chi connectivity index (χ0n) is 16.7. The molecule has 1 heterocycles. The van der Waals surface area contributed by atoms with Gasteiger partial charge in [0, 0.05) is 30.8 Å². The van der Waals surface area contributed by atoms with E-state index >= 15 is 0 Å². The number of nitrogens with one attached hydrogen (secondary N) is 1. The summed E-state index contributed by atoms with van der Waals surface area (Å²) in [6.07, 6.45) is 2.62. The summed E-state index contributed by atoms with van der Waals surface area (Å²) < 4.78 is 10.6. The Labute approximate surface area is 166 Å². The van der Waals surface area contributed by atoms with Crippen molar-refractivity contribution >= 4 is 17.3 Å². The molecule has 1 aliphatic rings. The van der Waals surface area contributed by atoms with E-state index in [9.17, 15) is 4.79 Å². The number of amides is 1. The summed E-state index contributed by atoms with van der Waals surface area (Å²) in [5.74, 6) is 1.19. The highest BCUT2D eigenvalue weighted by atomic mass is 16.5. The van der Waals surface area contributed by atoms with Crippen LogP contribution in [0.3, 0.4) is 0 Å². The molecule has 0 saturated carbocycles. The van der Waals surface area contributed by atoms with Gasteiger partial charge in [-0.1, -0.05) is 18.2 Å². The number of hydrogen-bond donors (Lipinski definition) is 1. The molecule has 0 bridgehead atoms. The molecule has 0 fully saturated rings. The van der Waals surface area contributed by atoms with Gasteiger partial charge in [-0.25, -0.2) is 5.43 Å². The predicted octanol–water partition coefficient (Wildman–Crippen LogP) is 3.39. The van der Waals surface area contributed by atoms with Gasteiger partial charge in [0.1, 0.15) is 0 Å². The molecular formula is C22H27N3O3. The number of para-hydroxylation sites is 1. The first-order chi connectivity index (χ1) is 13.6. The molecule has 0 atom stereocenters. The Morgan fingerprint density at radius 3 is 2.71 bits per heavy atom. The molecule has 0 aromatic heterocycles. The zero-order chi connectivity index (χ0) is 19.9. The van der Waals surface area contributed by atoms with Gasteiger partial charge in [-0.15, -0.1) is 0 Å². The number of hydrazone groups is 1. The molecule has 1 aliphatic heterocycles. The molecule has 1 amide bonds. The van der Waals surface area contributed by atoms with E-state index in [4.69, 9.17) is 9.47 Å². The summed E-state index contributed by atoms with van der Waals surface area (Å²) in [6.45, 7) is 3.52. The van der Waals surface area contributed by atoms with Crippen LogP contribution in [-0.2, 0) is 11.2 Å². The first-order valence-electron chi connectivity index (χ1n) is 9.50. The number of carbonyl (C=O) groups excluding carboxylic acids is 1. The van der Waals surface area contributed by atoms with Crippen molar-refractivity contribution < 1.29 is 14.3 Å². The smallest absolute Gasteiger partial charge is 0.241 e. The Hall–Kier alpha value is -3.02. The van der Waals surface area contributed by atoms with Crippen molar-refractivity contribution in [2.24, 2.45) is 5.10 Å². The second-order valence-corrected chi connectivity index (χ2v) is 6.77. The van der Waals surface area contributed by atoms with Crippen LogP contribution in [-0.4, -0.2) is 38.9 Å². The van der Waals surface area contributed by atoms with Crippen LogP contribution in [0.4, 0.5) is 5.69 Å². The monoisotopic (exact) mass is 381 g/mol. The SMILES string of the molecule is COc1ccc(C(C)=NNC(=O)CCN2CCCc3ccccc32)cc1OC. The van der Waals surface area contributed by atoms with Gasteiger partial charge in [-0.05, 0) is 49.6 Å². The number of carbonyl (C=O) groups is 1. The molecule has 0 aliphatic carbocycles. The third kappa shape index (κ3) is 4.63. The molecule has 3 rings (SSSR count). The van der Waals surface area contributed by atoms with Gasteiger partial charge in [-0.2, -0.15) is 5.10 Å². The van der Waals surface area contributed by atoms with E-state index in [-0.39, 0.29) is 5.91 Å². The summed E-state index contributed by atoms with van der Waals surface area (Å²) in [4.78, 5) is 14.5. The Kier molecular flexibility index (Phi) is 6.53. The third-order valence-electron chi connectivity index (χ3n) is 4.96. The molecule has 28 heavy (non-hydrogen) atoms. The maximum atomic E-state index is 12.3. The fourth-order valence-electron chi connectivity index (χ4n) is 3.41. The second kappa shape index (κ2) is 9.26. The van der Waals surface area contributed by atoms with E-state index in [2.05, 4.69) is 33.6 Å². The van der Waals surface area contributed by atoms with Crippen molar-refractivity contribution in [3.05, 3.63) is 53.6 Å². The lowest BCUT2D eigenvalue weighted by Gasteiger charge is -2.31. The van der Waals surface area contributed by atoms with Crippen LogP contribution in [0.5, 0.6) is 11.5 Å². The largest absolute Gasteiger partial charge is 0.493 e. The fourth-order valence-corrected chi connectivity index (χ4v) is 3.41. The highest BCUT2D eigenvalue weighted by molar-refractivity contribution is 5.99. The van der Waals surface area contributed by atoms with E-state index in [0.717, 1.165) is 24.9 Å². The van der Waals surface area contributed by atoms with Gasteiger partial charge in [0.15, 0.2) is 11.5 Å². The number of fused-ring (bicyclic) bond motifs is 1. The number of hydrogen-bond acceptors (Lipinski definition) is 5. The molecule has 6 nitrogen and oxygen atoms in total. The average Bonchev–Trinajstić information content (AvgIpc) is 2.75. The highest BCUT2D eigenvalue weighted by Crippen LogP contribution is 2.28. The molecule has 2 aromatic rings. The van der Waals surface area contributed by atoms with Crippen LogP contribution in [0, 0.1) is 0 Å². The molecule has 0 radical (unpaired) electrons. The van der Waals surface area contributed by atoms with Crippen LogP contribution < -0.4 is 19.8 Å². The van der Waals surface area contributed by atoms with Gasteiger partial charge >= 0.3 is 0 Å². The highest BCUT2D eigenvalue weighted by Gasteiger charge is 2.16. The van der Waals surface area contributed by atoms with Crippen LogP contribution in [0.15, 0.2) is 47.6 Å². The minimum atomic E-state index is -0.0946. The van der Waals surface area contributed by atoms with Gasteiger partial charge in [-0.3, -0.25) is 4.79 Å². The van der Waals surface area contributed by atoms with Crippen molar-refractivity contribution in [1.29, 1.82) is 0 Å². The normalized spacial score (nSPS) is 13.7. The van der Waals surface area contributed by atoms with Gasteiger partial charge in [0.05, 0.1) is 19.9 Å². The van der Waals surface area contributed by atoms with Crippen molar-refractivity contribution in [3.63, 3.8) is 0 Å². The Morgan fingerprint density at radius 1 is 1.14 bits per heavy atom. The van der Waals surface area contributed by atoms with Crippen molar-refractivity contribution in [1.82, 2.24) is 5.43 Å². The molecule has 0 saturated heterocycles. The lowest BCUT2D eigenvalue weighted by molar-refractivity contribution is -0.120. The van der Waals surface area contributed by atoms with E-state index in [0.29, 0.717) is 30.2 Å². The van der Waals surface area contributed by atoms with E-state index in [1.54, 1.807) is 14.2 Å². The molecule has 6 heteroatoms. The zero-order valence-corrected chi connectivity index (χ0v) is 16.7. The molecule has 148 valence electrons. The number of nitrogens with zero attached hydrogens (tertiary/aromatic N) is 2. The predicted molar refractivity (Wildman–Crippen MR) is 111 cm³/mol. The minimum absolute atomic E-state index is 0.0946. The molecular weight excluding hydrogens is 354 g/mol. The Morgan fingerprint density at radius 2 is 1.93 bits per heavy atom. The van der Waals surface area contributed by atoms with Gasteiger partial charge in [0.2, 0.25) is 5.91 Å². The minimum Gasteiger partial charge on any atom is -0.493 e. The Bertz CT molecular complexity index is 864. The quantitative estimate of drug-likeness (QED) is 0.590. The van der Waals surface area contributed by atoms with Gasteiger partial charge < -0.3 is 14.4 Å². The molecule has 0 spiro atoms. The first-order valence-corrected chi connectivity index (χ1v) is 9.50. The van der Waals surface area contributed by atoms with E-state index < -0.39 is 0 Å². The topological polar surface area (TPSA) is 63.2 Å². The standard InChI is InChI=1S/C22H27N3O3/c1-16(18-10-11-20(27-2)21(15-18)28-3)23-24-22(26)12-14-25-13-6-8-17-7-4-5-9-19(17)25/h4-5,7,9-11,15H,6,8,12-14H2,1-3H3,(H,24,26). The maximum Gasteiger partial charge on any atom is 0.241 e. The number of ether oxygens (including phenoxy) is 2. The average molecular weight is 381 g/mol. The Balaban J connectivity index is 1.57. The summed E-state index contributed by atoms with van der Waals surface area (Å²) in [7, 11) is 3.19. The summed E-state index contributed by atoms with van der Waals surface area (Å²) in [5.41, 5.74) is 6.83. The van der Waals surface area contributed by atoms with Crippen LogP contribution in [0.2, 0.25) is 0 Å². The van der Waals surface area contributed by atoms with Crippen molar-refractivity contribution in [3.8, 4) is 11.5 Å². The van der Waals surface area contributed by atoms with E-state index in [1.807, 2.05) is 31.2 Å². The number of anilines is 1. The third-order valence-corrected chi connectivity index (χ3v) is 4.96. The molecule has 0 unspecified atom stereocenters. The fraction of sp³-hybridized carbons (Fsp3) is 0.364.